The van der Waals surface area contributed by atoms with Gasteiger partial charge in [0, 0.05) is 16.8 Å². The summed E-state index contributed by atoms with van der Waals surface area (Å²) in [6, 6.07) is 17.1. The van der Waals surface area contributed by atoms with Gasteiger partial charge < -0.3 is 5.32 Å². The summed E-state index contributed by atoms with van der Waals surface area (Å²) < 4.78 is 27.0. The second kappa shape index (κ2) is 8.32. The number of aryl methyl sites for hydroxylation is 1. The third-order valence-electron chi connectivity index (χ3n) is 4.95. The van der Waals surface area contributed by atoms with Crippen LogP contribution in [0, 0.1) is 18.6 Å². The molecule has 0 unspecified atom stereocenters. The molecular formula is C24H17ClF2N2O2. The molecule has 1 aliphatic heterocycles. The minimum atomic E-state index is -1.06. The van der Waals surface area contributed by atoms with Crippen molar-refractivity contribution in [1.29, 1.82) is 0 Å². The number of rotatable bonds is 5. The van der Waals surface area contributed by atoms with Crippen LogP contribution in [0.4, 0.5) is 14.5 Å². The zero-order chi connectivity index (χ0) is 22.1. The molecule has 1 N–H and O–H groups in total. The Hall–Kier alpha value is -3.51. The fourth-order valence-corrected chi connectivity index (χ4v) is 3.44. The lowest BCUT2D eigenvalue weighted by molar-refractivity contribution is -0.137. The van der Waals surface area contributed by atoms with Crippen LogP contribution in [0.15, 0.2) is 72.4 Å². The van der Waals surface area contributed by atoms with Gasteiger partial charge in [-0.2, -0.15) is 0 Å². The summed E-state index contributed by atoms with van der Waals surface area (Å²) >= 11 is 5.96. The van der Waals surface area contributed by atoms with Gasteiger partial charge in [0.2, 0.25) is 0 Å². The van der Waals surface area contributed by atoms with Crippen LogP contribution < -0.4 is 5.32 Å². The van der Waals surface area contributed by atoms with Gasteiger partial charge in [0.1, 0.15) is 5.70 Å². The van der Waals surface area contributed by atoms with Gasteiger partial charge in [-0.1, -0.05) is 53.6 Å². The zero-order valence-corrected chi connectivity index (χ0v) is 17.2. The molecule has 3 aromatic carbocycles. The summed E-state index contributed by atoms with van der Waals surface area (Å²) in [5.41, 5.74) is 2.61. The van der Waals surface area contributed by atoms with E-state index in [1.54, 1.807) is 24.3 Å². The Kier molecular flexibility index (Phi) is 5.57. The number of halogens is 3. The number of hydrogen-bond donors (Lipinski definition) is 1. The minimum absolute atomic E-state index is 0.00885. The van der Waals surface area contributed by atoms with Crippen LogP contribution in [0.5, 0.6) is 0 Å². The van der Waals surface area contributed by atoms with Crippen LogP contribution in [-0.4, -0.2) is 16.7 Å². The smallest absolute Gasteiger partial charge is 0.278 e. The standard InChI is InChI=1S/C24H17ClF2N2O2/c1-14-2-4-15(5-3-14)13-29-23(30)21(16-6-8-17(25)9-7-16)22(24(29)31)28-18-10-11-19(26)20(27)12-18/h2-12,28H,13H2,1H3. The third-order valence-corrected chi connectivity index (χ3v) is 5.20. The molecule has 0 atom stereocenters. The van der Waals surface area contributed by atoms with Crippen molar-refractivity contribution in [3.8, 4) is 0 Å². The summed E-state index contributed by atoms with van der Waals surface area (Å²) in [5, 5.41) is 3.28. The molecule has 0 radical (unpaired) electrons. The molecule has 156 valence electrons. The molecule has 2 amide bonds. The van der Waals surface area contributed by atoms with E-state index >= 15 is 0 Å². The highest BCUT2D eigenvalue weighted by atomic mass is 35.5. The lowest BCUT2D eigenvalue weighted by Gasteiger charge is -2.15. The maximum atomic E-state index is 13.7. The van der Waals surface area contributed by atoms with Gasteiger partial charge >= 0.3 is 0 Å². The van der Waals surface area contributed by atoms with E-state index in [0.29, 0.717) is 10.6 Å². The monoisotopic (exact) mass is 438 g/mol. The average molecular weight is 439 g/mol. The predicted molar refractivity (Wildman–Crippen MR) is 115 cm³/mol. The maximum absolute atomic E-state index is 13.7. The van der Waals surface area contributed by atoms with Crippen LogP contribution in [0.1, 0.15) is 16.7 Å². The van der Waals surface area contributed by atoms with Crippen LogP contribution in [-0.2, 0) is 16.1 Å². The first-order valence-corrected chi connectivity index (χ1v) is 9.85. The Morgan fingerprint density at radius 3 is 2.19 bits per heavy atom. The normalized spacial score (nSPS) is 13.9. The zero-order valence-electron chi connectivity index (χ0n) is 16.5. The van der Waals surface area contributed by atoms with E-state index in [4.69, 9.17) is 11.6 Å². The number of hydrogen-bond acceptors (Lipinski definition) is 3. The van der Waals surface area contributed by atoms with Crippen molar-refractivity contribution < 1.29 is 18.4 Å². The van der Waals surface area contributed by atoms with Crippen molar-refractivity contribution in [1.82, 2.24) is 4.90 Å². The molecule has 0 saturated carbocycles. The van der Waals surface area contributed by atoms with Gasteiger partial charge in [-0.25, -0.2) is 8.78 Å². The van der Waals surface area contributed by atoms with Gasteiger partial charge in [0.25, 0.3) is 11.8 Å². The first-order valence-electron chi connectivity index (χ1n) is 9.47. The summed E-state index contributed by atoms with van der Waals surface area (Å²) in [5.74, 6) is -3.11. The molecule has 0 spiro atoms. The van der Waals surface area contributed by atoms with E-state index in [1.165, 1.54) is 6.07 Å². The van der Waals surface area contributed by atoms with Gasteiger partial charge in [0.15, 0.2) is 11.6 Å². The maximum Gasteiger partial charge on any atom is 0.278 e. The average Bonchev–Trinajstić information content (AvgIpc) is 2.97. The molecule has 0 aromatic heterocycles. The molecule has 0 bridgehead atoms. The Morgan fingerprint density at radius 2 is 1.55 bits per heavy atom. The van der Waals surface area contributed by atoms with Crippen molar-refractivity contribution >= 4 is 34.7 Å². The van der Waals surface area contributed by atoms with Crippen molar-refractivity contribution in [3.05, 3.63) is 106 Å². The van der Waals surface area contributed by atoms with Gasteiger partial charge in [-0.05, 0) is 42.3 Å². The highest BCUT2D eigenvalue weighted by Crippen LogP contribution is 2.32. The highest BCUT2D eigenvalue weighted by Gasteiger charge is 2.39. The van der Waals surface area contributed by atoms with E-state index in [0.717, 1.165) is 28.2 Å². The Balaban J connectivity index is 1.74. The number of nitrogens with one attached hydrogen (secondary N) is 1. The summed E-state index contributed by atoms with van der Waals surface area (Å²) in [4.78, 5) is 27.5. The Bertz CT molecular complexity index is 1210. The van der Waals surface area contributed by atoms with Crippen molar-refractivity contribution in [2.75, 3.05) is 5.32 Å². The Labute approximate surface area is 182 Å². The van der Waals surface area contributed by atoms with E-state index in [2.05, 4.69) is 5.32 Å². The molecular weight excluding hydrogens is 422 g/mol. The van der Waals surface area contributed by atoms with Crippen molar-refractivity contribution in [2.45, 2.75) is 13.5 Å². The molecule has 4 nitrogen and oxygen atoms in total. The quantitative estimate of drug-likeness (QED) is 0.548. The molecule has 1 aliphatic rings. The highest BCUT2D eigenvalue weighted by molar-refractivity contribution is 6.36. The predicted octanol–water partition coefficient (Wildman–Crippen LogP) is 5.32. The second-order valence-electron chi connectivity index (χ2n) is 7.19. The molecule has 31 heavy (non-hydrogen) atoms. The van der Waals surface area contributed by atoms with E-state index in [1.807, 2.05) is 31.2 Å². The molecule has 1 heterocycles. The summed E-state index contributed by atoms with van der Waals surface area (Å²) in [6.45, 7) is 2.03. The molecule has 0 fully saturated rings. The van der Waals surface area contributed by atoms with E-state index in [-0.39, 0.29) is 23.5 Å². The SMILES string of the molecule is Cc1ccc(CN2C(=O)C(Nc3ccc(F)c(F)c3)=C(c3ccc(Cl)cc3)C2=O)cc1. The molecule has 0 saturated heterocycles. The largest absolute Gasteiger partial charge is 0.350 e. The molecule has 7 heteroatoms. The number of benzene rings is 3. The fraction of sp³-hybridized carbons (Fsp3) is 0.0833. The summed E-state index contributed by atoms with van der Waals surface area (Å²) in [6.07, 6.45) is 0. The number of imide groups is 1. The molecule has 4 rings (SSSR count). The minimum Gasteiger partial charge on any atom is -0.350 e. The van der Waals surface area contributed by atoms with E-state index in [9.17, 15) is 18.4 Å². The van der Waals surface area contributed by atoms with Gasteiger partial charge in [0.05, 0.1) is 12.1 Å². The number of carbonyl (C=O) groups is 2. The number of carbonyl (C=O) groups excluding carboxylic acids is 2. The van der Waals surface area contributed by atoms with Crippen molar-refractivity contribution in [3.63, 3.8) is 0 Å². The number of amides is 2. The molecule has 0 aliphatic carbocycles. The topological polar surface area (TPSA) is 49.4 Å². The first kappa shape index (κ1) is 20.8. The fourth-order valence-electron chi connectivity index (χ4n) is 3.31. The number of anilines is 1. The van der Waals surface area contributed by atoms with E-state index < -0.39 is 23.4 Å². The first-order chi connectivity index (χ1) is 14.8. The van der Waals surface area contributed by atoms with Crippen LogP contribution in [0.25, 0.3) is 5.57 Å². The molecule has 3 aromatic rings. The van der Waals surface area contributed by atoms with Gasteiger partial charge in [-0.3, -0.25) is 14.5 Å². The van der Waals surface area contributed by atoms with Gasteiger partial charge in [-0.15, -0.1) is 0 Å². The second-order valence-corrected chi connectivity index (χ2v) is 7.63. The lowest BCUT2D eigenvalue weighted by Crippen LogP contribution is -2.32. The van der Waals surface area contributed by atoms with Crippen LogP contribution in [0.3, 0.4) is 0 Å². The van der Waals surface area contributed by atoms with Crippen molar-refractivity contribution in [2.24, 2.45) is 0 Å². The Morgan fingerprint density at radius 1 is 0.871 bits per heavy atom. The lowest BCUT2D eigenvalue weighted by atomic mass is 10.0. The number of nitrogens with zero attached hydrogens (tertiary/aromatic N) is 1. The summed E-state index contributed by atoms with van der Waals surface area (Å²) in [7, 11) is 0. The van der Waals surface area contributed by atoms with Crippen LogP contribution in [0.2, 0.25) is 5.02 Å². The third kappa shape index (κ3) is 4.20. The van der Waals surface area contributed by atoms with Crippen LogP contribution >= 0.6 is 11.6 Å².